The van der Waals surface area contributed by atoms with E-state index in [4.69, 9.17) is 4.74 Å². The number of ether oxygens (including phenoxy) is 1. The molecule has 0 saturated heterocycles. The molecule has 2 aromatic carbocycles. The first-order valence-corrected chi connectivity index (χ1v) is 8.27. The van der Waals surface area contributed by atoms with Crippen LogP contribution in [0.5, 0.6) is 0 Å². The lowest BCUT2D eigenvalue weighted by Gasteiger charge is -2.15. The molecule has 0 aliphatic rings. The van der Waals surface area contributed by atoms with Crippen molar-refractivity contribution < 1.29 is 18.3 Å². The van der Waals surface area contributed by atoms with Crippen LogP contribution in [0.3, 0.4) is 0 Å². The van der Waals surface area contributed by atoms with Crippen LogP contribution in [0, 0.1) is 11.6 Å². The molecule has 0 amide bonds. The van der Waals surface area contributed by atoms with E-state index >= 15 is 0 Å². The summed E-state index contributed by atoms with van der Waals surface area (Å²) in [7, 11) is 0. The van der Waals surface area contributed by atoms with Crippen LogP contribution in [-0.2, 0) is 4.74 Å². The number of halogens is 3. The summed E-state index contributed by atoms with van der Waals surface area (Å²) in [6.45, 7) is 1.81. The summed E-state index contributed by atoms with van der Waals surface area (Å²) in [5.74, 6) is -2.03. The minimum atomic E-state index is -0.687. The van der Waals surface area contributed by atoms with Gasteiger partial charge in [-0.15, -0.1) is 0 Å². The van der Waals surface area contributed by atoms with Gasteiger partial charge in [0.25, 0.3) is 0 Å². The summed E-state index contributed by atoms with van der Waals surface area (Å²) in [5, 5.41) is 2.88. The van der Waals surface area contributed by atoms with Gasteiger partial charge in [-0.25, -0.2) is 13.6 Å². The zero-order valence-electron chi connectivity index (χ0n) is 13.1. The number of carbonyl (C=O) groups is 1. The van der Waals surface area contributed by atoms with E-state index in [-0.39, 0.29) is 28.8 Å². The zero-order chi connectivity index (χ0) is 18.0. The molecule has 1 N–H and O–H groups in total. The number of carbonyl (C=O) groups excluding carboxylic acids is 1. The highest BCUT2D eigenvalue weighted by atomic mass is 79.9. The topological polar surface area (TPSA) is 51.2 Å². The summed E-state index contributed by atoms with van der Waals surface area (Å²) in [5.41, 5.74) is 0.569. The summed E-state index contributed by atoms with van der Waals surface area (Å²) >= 11 is 3.35. The Bertz CT molecular complexity index is 963. The van der Waals surface area contributed by atoms with Crippen LogP contribution in [0.2, 0.25) is 0 Å². The van der Waals surface area contributed by atoms with Crippen molar-refractivity contribution in [3.8, 4) is 0 Å². The quantitative estimate of drug-likeness (QED) is 0.605. The number of benzene rings is 2. The van der Waals surface area contributed by atoms with E-state index in [0.717, 1.165) is 16.6 Å². The third-order valence-electron chi connectivity index (χ3n) is 3.51. The van der Waals surface area contributed by atoms with Crippen LogP contribution in [0.4, 0.5) is 20.2 Å². The molecule has 3 aromatic rings. The molecule has 0 atom stereocenters. The Hall–Kier alpha value is -2.54. The lowest BCUT2D eigenvalue weighted by molar-refractivity contribution is 0.0527. The van der Waals surface area contributed by atoms with Crippen molar-refractivity contribution >= 4 is 44.2 Å². The van der Waals surface area contributed by atoms with Gasteiger partial charge >= 0.3 is 5.97 Å². The summed E-state index contributed by atoms with van der Waals surface area (Å²) < 4.78 is 34.3. The first-order valence-electron chi connectivity index (χ1n) is 7.47. The molecule has 1 aromatic heterocycles. The minimum absolute atomic E-state index is 0.0267. The van der Waals surface area contributed by atoms with Gasteiger partial charge in [-0.3, -0.25) is 4.98 Å². The molecule has 0 saturated carbocycles. The Balaban J connectivity index is 2.25. The number of esters is 1. The fraction of sp³-hybridized carbons (Fsp3) is 0.111. The molecule has 0 bridgehead atoms. The number of pyridine rings is 1. The fourth-order valence-corrected chi connectivity index (χ4v) is 2.84. The second-order valence-corrected chi connectivity index (χ2v) is 6.07. The summed E-state index contributed by atoms with van der Waals surface area (Å²) in [4.78, 5) is 16.1. The van der Waals surface area contributed by atoms with Gasteiger partial charge in [-0.1, -0.05) is 22.0 Å². The third kappa shape index (κ3) is 3.46. The van der Waals surface area contributed by atoms with Crippen molar-refractivity contribution in [1.29, 1.82) is 0 Å². The van der Waals surface area contributed by atoms with E-state index in [1.165, 1.54) is 6.20 Å². The average Bonchev–Trinajstić information content (AvgIpc) is 2.58. The molecule has 4 nitrogen and oxygen atoms in total. The molecule has 0 aliphatic heterocycles. The lowest BCUT2D eigenvalue weighted by Crippen LogP contribution is -2.10. The lowest BCUT2D eigenvalue weighted by atomic mass is 10.1. The molecule has 0 spiro atoms. The number of rotatable bonds is 4. The van der Waals surface area contributed by atoms with Crippen LogP contribution in [0.25, 0.3) is 10.9 Å². The molecule has 0 unspecified atom stereocenters. The molecule has 0 radical (unpaired) electrons. The maximum absolute atomic E-state index is 14.4. The molecule has 128 valence electrons. The molecule has 1 heterocycles. The molecule has 0 aliphatic carbocycles. The van der Waals surface area contributed by atoms with E-state index in [9.17, 15) is 13.6 Å². The molecule has 7 heteroatoms. The van der Waals surface area contributed by atoms with Gasteiger partial charge in [0.15, 0.2) is 0 Å². The van der Waals surface area contributed by atoms with Gasteiger partial charge < -0.3 is 10.1 Å². The largest absolute Gasteiger partial charge is 0.462 e. The SMILES string of the molecule is CCOC(=O)c1cnc2c(F)ccc(F)c2c1Nc1cccc(Br)c1. The predicted molar refractivity (Wildman–Crippen MR) is 95.0 cm³/mol. The van der Waals surface area contributed by atoms with Gasteiger partial charge in [0.2, 0.25) is 0 Å². The number of nitrogens with one attached hydrogen (secondary N) is 1. The normalized spacial score (nSPS) is 10.7. The van der Waals surface area contributed by atoms with E-state index in [1.54, 1.807) is 25.1 Å². The van der Waals surface area contributed by atoms with Gasteiger partial charge in [-0.05, 0) is 37.3 Å². The second-order valence-electron chi connectivity index (χ2n) is 5.16. The van der Waals surface area contributed by atoms with E-state index in [2.05, 4.69) is 26.2 Å². The third-order valence-corrected chi connectivity index (χ3v) is 4.00. The van der Waals surface area contributed by atoms with Gasteiger partial charge in [0.1, 0.15) is 22.7 Å². The number of hydrogen-bond acceptors (Lipinski definition) is 4. The Morgan fingerprint density at radius 2 is 2.00 bits per heavy atom. The Kier molecular flexibility index (Phi) is 4.94. The first-order chi connectivity index (χ1) is 12.0. The van der Waals surface area contributed by atoms with Crippen LogP contribution < -0.4 is 5.32 Å². The smallest absolute Gasteiger partial charge is 0.341 e. The van der Waals surface area contributed by atoms with Gasteiger partial charge in [-0.2, -0.15) is 0 Å². The highest BCUT2D eigenvalue weighted by Crippen LogP contribution is 2.33. The highest BCUT2D eigenvalue weighted by Gasteiger charge is 2.21. The average molecular weight is 407 g/mol. The van der Waals surface area contributed by atoms with E-state index in [1.807, 2.05) is 6.07 Å². The maximum Gasteiger partial charge on any atom is 0.341 e. The maximum atomic E-state index is 14.4. The van der Waals surface area contributed by atoms with Crippen molar-refractivity contribution in [2.75, 3.05) is 11.9 Å². The van der Waals surface area contributed by atoms with Gasteiger partial charge in [0.05, 0.1) is 17.7 Å². The Morgan fingerprint density at radius 1 is 1.24 bits per heavy atom. The molecule has 25 heavy (non-hydrogen) atoms. The van der Waals surface area contributed by atoms with E-state index in [0.29, 0.717) is 5.69 Å². The van der Waals surface area contributed by atoms with E-state index < -0.39 is 17.6 Å². The van der Waals surface area contributed by atoms with Gasteiger partial charge in [0, 0.05) is 16.4 Å². The second kappa shape index (κ2) is 7.14. The van der Waals surface area contributed by atoms with Crippen LogP contribution in [-0.4, -0.2) is 17.6 Å². The number of fused-ring (bicyclic) bond motifs is 1. The predicted octanol–water partition coefficient (Wildman–Crippen LogP) is 5.20. The number of aromatic nitrogens is 1. The van der Waals surface area contributed by atoms with Crippen LogP contribution in [0.15, 0.2) is 47.1 Å². The first kappa shape index (κ1) is 17.3. The van der Waals surface area contributed by atoms with Crippen molar-refractivity contribution in [3.05, 3.63) is 64.3 Å². The van der Waals surface area contributed by atoms with Crippen molar-refractivity contribution in [2.45, 2.75) is 6.92 Å². The molecular weight excluding hydrogens is 394 g/mol. The number of anilines is 2. The summed E-state index contributed by atoms with van der Waals surface area (Å²) in [6, 6.07) is 9.08. The molecular formula is C18H13BrF2N2O2. The summed E-state index contributed by atoms with van der Waals surface area (Å²) in [6.07, 6.45) is 1.18. The molecule has 0 fully saturated rings. The highest BCUT2D eigenvalue weighted by molar-refractivity contribution is 9.10. The van der Waals surface area contributed by atoms with Crippen molar-refractivity contribution in [3.63, 3.8) is 0 Å². The number of hydrogen-bond donors (Lipinski definition) is 1. The monoisotopic (exact) mass is 406 g/mol. The Labute approximate surface area is 151 Å². The van der Waals surface area contributed by atoms with Crippen LogP contribution >= 0.6 is 15.9 Å². The fourth-order valence-electron chi connectivity index (χ4n) is 2.44. The number of nitrogens with zero attached hydrogens (tertiary/aromatic N) is 1. The Morgan fingerprint density at radius 3 is 2.72 bits per heavy atom. The molecule has 3 rings (SSSR count). The minimum Gasteiger partial charge on any atom is -0.462 e. The zero-order valence-corrected chi connectivity index (χ0v) is 14.7. The van der Waals surface area contributed by atoms with Crippen molar-refractivity contribution in [1.82, 2.24) is 4.98 Å². The standard InChI is InChI=1S/C18H13BrF2N2O2/c1-2-25-18(24)12-9-22-17-14(21)7-6-13(20)15(17)16(12)23-11-5-3-4-10(19)8-11/h3-9H,2H2,1H3,(H,22,23). The van der Waals surface area contributed by atoms with Crippen LogP contribution in [0.1, 0.15) is 17.3 Å². The van der Waals surface area contributed by atoms with Crippen molar-refractivity contribution in [2.24, 2.45) is 0 Å².